The number of carbonyl (C=O) groups excluding carboxylic acids is 3. The van der Waals surface area contributed by atoms with Crippen molar-refractivity contribution >= 4 is 17.7 Å². The largest absolute Gasteiger partial charge is 0.497 e. The summed E-state index contributed by atoms with van der Waals surface area (Å²) in [6, 6.07) is 7.48. The molecule has 3 N–H and O–H groups in total. The van der Waals surface area contributed by atoms with Crippen molar-refractivity contribution in [1.29, 1.82) is 0 Å². The van der Waals surface area contributed by atoms with Gasteiger partial charge in [-0.05, 0) is 37.0 Å². The van der Waals surface area contributed by atoms with E-state index in [1.54, 1.807) is 12.0 Å². The lowest BCUT2D eigenvalue weighted by Crippen LogP contribution is -2.45. The van der Waals surface area contributed by atoms with E-state index in [2.05, 4.69) is 5.32 Å². The lowest BCUT2D eigenvalue weighted by atomic mass is 10.1. The highest BCUT2D eigenvalue weighted by Gasteiger charge is 2.56. The fraction of sp³-hybridized carbons (Fsp3) is 0.500. The van der Waals surface area contributed by atoms with Gasteiger partial charge < -0.3 is 20.7 Å². The third kappa shape index (κ3) is 3.60. The monoisotopic (exact) mass is 345 g/mol. The fourth-order valence-electron chi connectivity index (χ4n) is 3.18. The Balaban J connectivity index is 1.50. The number of ether oxygens (including phenoxy) is 1. The normalized spacial score (nSPS) is 21.1. The molecule has 1 atom stereocenters. The zero-order valence-corrected chi connectivity index (χ0v) is 14.3. The molecule has 1 aromatic carbocycles. The molecule has 3 amide bonds. The number of likely N-dealkylation sites (tertiary alicyclic amines) is 1. The molecule has 1 aromatic rings. The number of nitrogens with one attached hydrogen (secondary N) is 1. The lowest BCUT2D eigenvalue weighted by molar-refractivity contribution is -0.135. The van der Waals surface area contributed by atoms with Gasteiger partial charge in [0.15, 0.2) is 0 Å². The maximum absolute atomic E-state index is 12.2. The summed E-state index contributed by atoms with van der Waals surface area (Å²) in [6.45, 7) is 1.06. The quantitative estimate of drug-likeness (QED) is 0.690. The molecule has 1 aliphatic heterocycles. The molecule has 25 heavy (non-hydrogen) atoms. The van der Waals surface area contributed by atoms with Gasteiger partial charge in [-0.1, -0.05) is 12.1 Å². The molecule has 1 heterocycles. The standard InChI is InChI=1S/C18H23N3O4/c1-25-14-4-2-12(3-5-14)6-9-21-11-13(10-15(21)22)20-17(24)18(7-8-18)16(19)23/h2-5,13H,6-11H2,1H3,(H2,19,23)(H,20,24)/t13-/m0/s1. The van der Waals surface area contributed by atoms with Gasteiger partial charge in [0, 0.05) is 19.5 Å². The molecular weight excluding hydrogens is 322 g/mol. The molecule has 0 unspecified atom stereocenters. The number of hydrogen-bond donors (Lipinski definition) is 2. The molecule has 3 rings (SSSR count). The van der Waals surface area contributed by atoms with Crippen LogP contribution < -0.4 is 15.8 Å². The van der Waals surface area contributed by atoms with Crippen molar-refractivity contribution in [3.63, 3.8) is 0 Å². The number of primary amides is 1. The summed E-state index contributed by atoms with van der Waals surface area (Å²) in [5, 5.41) is 2.82. The van der Waals surface area contributed by atoms with Gasteiger partial charge in [-0.3, -0.25) is 14.4 Å². The molecule has 1 saturated heterocycles. The van der Waals surface area contributed by atoms with Crippen LogP contribution in [0.15, 0.2) is 24.3 Å². The summed E-state index contributed by atoms with van der Waals surface area (Å²) in [6.07, 6.45) is 2.00. The number of nitrogens with two attached hydrogens (primary N) is 1. The minimum Gasteiger partial charge on any atom is -0.497 e. The van der Waals surface area contributed by atoms with E-state index in [1.807, 2.05) is 24.3 Å². The van der Waals surface area contributed by atoms with E-state index in [0.717, 1.165) is 17.7 Å². The Labute approximate surface area is 146 Å². The zero-order valence-electron chi connectivity index (χ0n) is 14.3. The van der Waals surface area contributed by atoms with Crippen LogP contribution in [0.1, 0.15) is 24.8 Å². The minimum atomic E-state index is -1.04. The van der Waals surface area contributed by atoms with Crippen molar-refractivity contribution in [1.82, 2.24) is 10.2 Å². The van der Waals surface area contributed by atoms with E-state index in [4.69, 9.17) is 10.5 Å². The molecule has 0 radical (unpaired) electrons. The van der Waals surface area contributed by atoms with Crippen LogP contribution >= 0.6 is 0 Å². The topological polar surface area (TPSA) is 102 Å². The first kappa shape index (κ1) is 17.3. The van der Waals surface area contributed by atoms with E-state index in [0.29, 0.717) is 25.9 Å². The number of nitrogens with zero attached hydrogens (tertiary/aromatic N) is 1. The van der Waals surface area contributed by atoms with Gasteiger partial charge in [0.05, 0.1) is 13.2 Å². The van der Waals surface area contributed by atoms with Crippen LogP contribution in [-0.4, -0.2) is 48.9 Å². The highest BCUT2D eigenvalue weighted by atomic mass is 16.5. The molecule has 0 spiro atoms. The van der Waals surface area contributed by atoms with Gasteiger partial charge in [0.2, 0.25) is 17.7 Å². The van der Waals surface area contributed by atoms with Gasteiger partial charge >= 0.3 is 0 Å². The Morgan fingerprint density at radius 3 is 2.56 bits per heavy atom. The molecule has 1 saturated carbocycles. The Morgan fingerprint density at radius 1 is 1.32 bits per heavy atom. The maximum Gasteiger partial charge on any atom is 0.235 e. The van der Waals surface area contributed by atoms with Crippen molar-refractivity contribution in [2.24, 2.45) is 11.1 Å². The second kappa shape index (κ2) is 6.74. The van der Waals surface area contributed by atoms with Crippen LogP contribution in [0.4, 0.5) is 0 Å². The van der Waals surface area contributed by atoms with Gasteiger partial charge in [-0.2, -0.15) is 0 Å². The lowest BCUT2D eigenvalue weighted by Gasteiger charge is -2.18. The van der Waals surface area contributed by atoms with Crippen LogP contribution in [0.25, 0.3) is 0 Å². The van der Waals surface area contributed by atoms with E-state index in [1.165, 1.54) is 0 Å². The van der Waals surface area contributed by atoms with Crippen LogP contribution in [0.2, 0.25) is 0 Å². The number of benzene rings is 1. The summed E-state index contributed by atoms with van der Waals surface area (Å²) in [5.74, 6) is -0.101. The molecule has 134 valence electrons. The molecule has 2 fully saturated rings. The van der Waals surface area contributed by atoms with Crippen molar-refractivity contribution in [3.8, 4) is 5.75 Å². The van der Waals surface area contributed by atoms with E-state index in [9.17, 15) is 14.4 Å². The number of rotatable bonds is 7. The van der Waals surface area contributed by atoms with Crippen LogP contribution in [0.5, 0.6) is 5.75 Å². The average molecular weight is 345 g/mol. The summed E-state index contributed by atoms with van der Waals surface area (Å²) >= 11 is 0. The predicted octanol–water partition coefficient (Wildman–Crippen LogP) is 0.220. The van der Waals surface area contributed by atoms with Crippen molar-refractivity contribution in [3.05, 3.63) is 29.8 Å². The van der Waals surface area contributed by atoms with Crippen LogP contribution in [-0.2, 0) is 20.8 Å². The minimum absolute atomic E-state index is 0.0164. The smallest absolute Gasteiger partial charge is 0.235 e. The highest BCUT2D eigenvalue weighted by Crippen LogP contribution is 2.45. The number of methoxy groups -OCH3 is 1. The molecular formula is C18H23N3O4. The zero-order chi connectivity index (χ0) is 18.0. The van der Waals surface area contributed by atoms with E-state index in [-0.39, 0.29) is 24.3 Å². The maximum atomic E-state index is 12.2. The number of carbonyl (C=O) groups is 3. The second-order valence-corrected chi connectivity index (χ2v) is 6.76. The Morgan fingerprint density at radius 2 is 2.00 bits per heavy atom. The summed E-state index contributed by atoms with van der Waals surface area (Å²) in [4.78, 5) is 37.5. The molecule has 1 aliphatic carbocycles. The Bertz CT molecular complexity index is 682. The third-order valence-corrected chi connectivity index (χ3v) is 5.04. The van der Waals surface area contributed by atoms with Gasteiger partial charge in [-0.15, -0.1) is 0 Å². The van der Waals surface area contributed by atoms with Crippen molar-refractivity contribution in [2.45, 2.75) is 31.7 Å². The van der Waals surface area contributed by atoms with Crippen molar-refractivity contribution in [2.75, 3.05) is 20.2 Å². The Kier molecular flexibility index (Phi) is 4.65. The summed E-state index contributed by atoms with van der Waals surface area (Å²) in [7, 11) is 1.62. The average Bonchev–Trinajstić information content (AvgIpc) is 3.34. The van der Waals surface area contributed by atoms with Gasteiger partial charge in [0.25, 0.3) is 0 Å². The first-order valence-electron chi connectivity index (χ1n) is 8.46. The number of amides is 3. The molecule has 7 nitrogen and oxygen atoms in total. The van der Waals surface area contributed by atoms with Crippen LogP contribution in [0, 0.1) is 5.41 Å². The Hall–Kier alpha value is -2.57. The van der Waals surface area contributed by atoms with Gasteiger partial charge in [0.1, 0.15) is 11.2 Å². The van der Waals surface area contributed by atoms with E-state index >= 15 is 0 Å². The second-order valence-electron chi connectivity index (χ2n) is 6.76. The molecule has 0 aromatic heterocycles. The van der Waals surface area contributed by atoms with E-state index < -0.39 is 11.3 Å². The SMILES string of the molecule is COc1ccc(CCN2C[C@@H](NC(=O)C3(C(N)=O)CC3)CC2=O)cc1. The summed E-state index contributed by atoms with van der Waals surface area (Å²) < 4.78 is 5.13. The molecule has 2 aliphatic rings. The molecule has 7 heteroatoms. The summed E-state index contributed by atoms with van der Waals surface area (Å²) in [5.41, 5.74) is 5.38. The highest BCUT2D eigenvalue weighted by molar-refractivity contribution is 6.07. The van der Waals surface area contributed by atoms with Gasteiger partial charge in [-0.25, -0.2) is 0 Å². The predicted molar refractivity (Wildman–Crippen MR) is 90.7 cm³/mol. The third-order valence-electron chi connectivity index (χ3n) is 5.04. The first-order chi connectivity index (χ1) is 11.9. The molecule has 0 bridgehead atoms. The van der Waals surface area contributed by atoms with Crippen LogP contribution in [0.3, 0.4) is 0 Å². The fourth-order valence-corrected chi connectivity index (χ4v) is 3.18. The van der Waals surface area contributed by atoms with Crippen molar-refractivity contribution < 1.29 is 19.1 Å². The first-order valence-corrected chi connectivity index (χ1v) is 8.46. The number of hydrogen-bond acceptors (Lipinski definition) is 4.